The Bertz CT molecular complexity index is 746. The summed E-state index contributed by atoms with van der Waals surface area (Å²) < 4.78 is 0. The summed E-state index contributed by atoms with van der Waals surface area (Å²) in [4.78, 5) is 25.0. The van der Waals surface area contributed by atoms with E-state index in [2.05, 4.69) is 32.9 Å². The summed E-state index contributed by atoms with van der Waals surface area (Å²) in [6, 6.07) is 2.16. The number of hydrogen-bond donors (Lipinski definition) is 1. The van der Waals surface area contributed by atoms with Gasteiger partial charge in [0, 0.05) is 19.3 Å². The lowest BCUT2D eigenvalue weighted by Gasteiger charge is -2.27. The molecule has 1 aromatic carbocycles. The molecule has 1 fully saturated rings. The van der Waals surface area contributed by atoms with Crippen molar-refractivity contribution in [2.45, 2.75) is 66.2 Å². The van der Waals surface area contributed by atoms with Crippen LogP contribution in [0.25, 0.3) is 0 Å². The van der Waals surface area contributed by atoms with Crippen molar-refractivity contribution in [3.8, 4) is 0 Å². The van der Waals surface area contributed by atoms with Crippen LogP contribution in [-0.4, -0.2) is 16.7 Å². The van der Waals surface area contributed by atoms with Crippen LogP contribution in [-0.2, 0) is 16.0 Å². The zero-order valence-corrected chi connectivity index (χ0v) is 15.9. The monoisotopic (exact) mass is 340 g/mol. The molecule has 0 aromatic heterocycles. The van der Waals surface area contributed by atoms with E-state index in [1.165, 1.54) is 16.7 Å². The summed E-state index contributed by atoms with van der Waals surface area (Å²) in [6.07, 6.45) is 5.92. The standard InChI is InChI=1S/C22H28O3/c1-6-8-9-17-13(3)10-14(4)21(15(17)5)16-11-19(24)22(18(23)7-2)20(25)12-16/h6,8,10,16,23H,7,9,11-12H2,1-5H3/b8-6+,22-18?. The first-order chi connectivity index (χ1) is 11.8. The van der Waals surface area contributed by atoms with Gasteiger partial charge in [-0.2, -0.15) is 0 Å². The largest absolute Gasteiger partial charge is 0.511 e. The molecule has 3 heteroatoms. The minimum absolute atomic E-state index is 0.0234. The van der Waals surface area contributed by atoms with Crippen molar-refractivity contribution in [3.63, 3.8) is 0 Å². The molecule has 25 heavy (non-hydrogen) atoms. The first-order valence-electron chi connectivity index (χ1n) is 9.00. The van der Waals surface area contributed by atoms with Crippen LogP contribution in [0.15, 0.2) is 29.6 Å². The SMILES string of the molecule is C/C=C/Cc1c(C)cc(C)c(C2CC(=O)C(=C(O)CC)C(=O)C2)c1C. The number of carbonyl (C=O) groups excluding carboxylic acids is 2. The molecule has 0 heterocycles. The number of benzene rings is 1. The molecular weight excluding hydrogens is 312 g/mol. The van der Waals surface area contributed by atoms with Crippen LogP contribution in [0.1, 0.15) is 66.8 Å². The first kappa shape index (κ1) is 19.2. The van der Waals surface area contributed by atoms with E-state index in [9.17, 15) is 14.7 Å². The number of ketones is 2. The average Bonchev–Trinajstić information content (AvgIpc) is 2.53. The van der Waals surface area contributed by atoms with Gasteiger partial charge < -0.3 is 5.11 Å². The van der Waals surface area contributed by atoms with Gasteiger partial charge in [-0.25, -0.2) is 0 Å². The van der Waals surface area contributed by atoms with Gasteiger partial charge >= 0.3 is 0 Å². The summed E-state index contributed by atoms with van der Waals surface area (Å²) >= 11 is 0. The van der Waals surface area contributed by atoms with E-state index in [4.69, 9.17) is 0 Å². The van der Waals surface area contributed by atoms with Gasteiger partial charge in [0.15, 0.2) is 11.6 Å². The van der Waals surface area contributed by atoms with E-state index in [1.807, 2.05) is 13.0 Å². The highest BCUT2D eigenvalue weighted by Crippen LogP contribution is 2.38. The molecule has 2 rings (SSSR count). The van der Waals surface area contributed by atoms with Crippen molar-refractivity contribution in [1.29, 1.82) is 0 Å². The third kappa shape index (κ3) is 3.76. The fourth-order valence-corrected chi connectivity index (χ4v) is 4.00. The Morgan fingerprint density at radius 3 is 2.28 bits per heavy atom. The summed E-state index contributed by atoms with van der Waals surface area (Å²) in [5, 5.41) is 9.90. The van der Waals surface area contributed by atoms with Gasteiger partial charge in [-0.3, -0.25) is 9.59 Å². The summed E-state index contributed by atoms with van der Waals surface area (Å²) in [7, 11) is 0. The van der Waals surface area contributed by atoms with Crippen molar-refractivity contribution in [2.75, 3.05) is 0 Å². The van der Waals surface area contributed by atoms with Crippen LogP contribution in [0.5, 0.6) is 0 Å². The van der Waals surface area contributed by atoms with Gasteiger partial charge in [0.25, 0.3) is 0 Å². The van der Waals surface area contributed by atoms with E-state index in [1.54, 1.807) is 6.92 Å². The maximum Gasteiger partial charge on any atom is 0.170 e. The molecule has 1 aromatic rings. The minimum Gasteiger partial charge on any atom is -0.511 e. The highest BCUT2D eigenvalue weighted by molar-refractivity contribution is 6.22. The van der Waals surface area contributed by atoms with E-state index in [0.29, 0.717) is 19.3 Å². The van der Waals surface area contributed by atoms with Crippen LogP contribution in [0.2, 0.25) is 0 Å². The third-order valence-corrected chi connectivity index (χ3v) is 5.20. The molecule has 1 N–H and O–H groups in total. The molecule has 0 amide bonds. The smallest absolute Gasteiger partial charge is 0.170 e. The van der Waals surface area contributed by atoms with Crippen LogP contribution < -0.4 is 0 Å². The van der Waals surface area contributed by atoms with Crippen molar-refractivity contribution in [2.24, 2.45) is 0 Å². The molecule has 0 radical (unpaired) electrons. The second kappa shape index (κ2) is 7.81. The number of aliphatic hydroxyl groups is 1. The predicted molar refractivity (Wildman–Crippen MR) is 101 cm³/mol. The predicted octanol–water partition coefficient (Wildman–Crippen LogP) is 4.97. The molecule has 0 saturated heterocycles. The highest BCUT2D eigenvalue weighted by atomic mass is 16.3. The van der Waals surface area contributed by atoms with Crippen LogP contribution in [0.3, 0.4) is 0 Å². The van der Waals surface area contributed by atoms with E-state index in [0.717, 1.165) is 17.5 Å². The van der Waals surface area contributed by atoms with Crippen LogP contribution >= 0.6 is 0 Å². The first-order valence-corrected chi connectivity index (χ1v) is 9.00. The second-order valence-corrected chi connectivity index (χ2v) is 6.93. The van der Waals surface area contributed by atoms with Gasteiger partial charge in [0.1, 0.15) is 5.76 Å². The summed E-state index contributed by atoms with van der Waals surface area (Å²) in [6.45, 7) is 10.0. The number of rotatable bonds is 4. The molecular formula is C22H28O3. The molecule has 0 spiro atoms. The maximum absolute atomic E-state index is 12.5. The molecule has 1 aliphatic carbocycles. The van der Waals surface area contributed by atoms with E-state index in [-0.39, 0.29) is 28.8 Å². The Morgan fingerprint density at radius 1 is 1.16 bits per heavy atom. The summed E-state index contributed by atoms with van der Waals surface area (Å²) in [5.41, 5.74) is 5.99. The van der Waals surface area contributed by atoms with Gasteiger partial charge in [-0.1, -0.05) is 25.1 Å². The van der Waals surface area contributed by atoms with E-state index >= 15 is 0 Å². The molecule has 1 aliphatic rings. The Balaban J connectivity index is 2.47. The molecule has 0 unspecified atom stereocenters. The molecule has 3 nitrogen and oxygen atoms in total. The summed E-state index contributed by atoms with van der Waals surface area (Å²) in [5.74, 6) is -0.622. The van der Waals surface area contributed by atoms with Gasteiger partial charge in [0.2, 0.25) is 0 Å². The second-order valence-electron chi connectivity index (χ2n) is 6.93. The number of carbonyl (C=O) groups is 2. The molecule has 0 aliphatic heterocycles. The normalized spacial score (nSPS) is 18.3. The van der Waals surface area contributed by atoms with Crippen molar-refractivity contribution in [1.82, 2.24) is 0 Å². The van der Waals surface area contributed by atoms with Crippen LogP contribution in [0.4, 0.5) is 0 Å². The molecule has 134 valence electrons. The fraction of sp³-hybridized carbons (Fsp3) is 0.455. The number of Topliss-reactive ketones (excluding diaryl/α,β-unsaturated/α-hetero) is 2. The van der Waals surface area contributed by atoms with Gasteiger partial charge in [-0.05, 0) is 67.9 Å². The lowest BCUT2D eigenvalue weighted by molar-refractivity contribution is -0.124. The van der Waals surface area contributed by atoms with Crippen molar-refractivity contribution >= 4 is 11.6 Å². The number of hydrogen-bond acceptors (Lipinski definition) is 3. The minimum atomic E-state index is -0.227. The van der Waals surface area contributed by atoms with Crippen molar-refractivity contribution in [3.05, 3.63) is 57.4 Å². The molecule has 1 saturated carbocycles. The average molecular weight is 340 g/mol. The Morgan fingerprint density at radius 2 is 1.76 bits per heavy atom. The van der Waals surface area contributed by atoms with Crippen LogP contribution in [0, 0.1) is 20.8 Å². The lowest BCUT2D eigenvalue weighted by Crippen LogP contribution is -2.27. The third-order valence-electron chi connectivity index (χ3n) is 5.20. The molecule has 0 bridgehead atoms. The number of aryl methyl sites for hydroxylation is 2. The quantitative estimate of drug-likeness (QED) is 0.364. The van der Waals surface area contributed by atoms with Crippen molar-refractivity contribution < 1.29 is 14.7 Å². The lowest BCUT2D eigenvalue weighted by atomic mass is 9.75. The Hall–Kier alpha value is -2.16. The highest BCUT2D eigenvalue weighted by Gasteiger charge is 2.35. The number of aliphatic hydroxyl groups excluding tert-OH is 1. The van der Waals surface area contributed by atoms with Gasteiger partial charge in [-0.15, -0.1) is 0 Å². The topological polar surface area (TPSA) is 54.4 Å². The van der Waals surface area contributed by atoms with E-state index < -0.39 is 0 Å². The Labute approximate surface area is 150 Å². The zero-order chi connectivity index (χ0) is 18.7. The Kier molecular flexibility index (Phi) is 5.99. The number of allylic oxidation sites excluding steroid dienone is 4. The molecule has 0 atom stereocenters. The van der Waals surface area contributed by atoms with Gasteiger partial charge in [0.05, 0.1) is 5.57 Å². The maximum atomic E-state index is 12.5. The fourth-order valence-electron chi connectivity index (χ4n) is 4.00. The zero-order valence-electron chi connectivity index (χ0n) is 15.9.